The van der Waals surface area contributed by atoms with Gasteiger partial charge < -0.3 is 9.64 Å². The molecule has 1 aromatic rings. The van der Waals surface area contributed by atoms with Crippen LogP contribution in [-0.2, 0) is 4.74 Å². The van der Waals surface area contributed by atoms with Gasteiger partial charge in [-0.25, -0.2) is 0 Å². The summed E-state index contributed by atoms with van der Waals surface area (Å²) in [5, 5.41) is 11.0. The van der Waals surface area contributed by atoms with Crippen LogP contribution >= 0.6 is 15.9 Å². The summed E-state index contributed by atoms with van der Waals surface area (Å²) < 4.78 is 6.26. The largest absolute Gasteiger partial charge is 0.376 e. The van der Waals surface area contributed by atoms with Gasteiger partial charge in [0.15, 0.2) is 0 Å². The summed E-state index contributed by atoms with van der Waals surface area (Å²) in [5.74, 6) is 0. The normalized spacial score (nSPS) is 18.9. The van der Waals surface area contributed by atoms with Crippen LogP contribution in [0.2, 0.25) is 0 Å². The lowest BCUT2D eigenvalue weighted by atomic mass is 10.2. The number of hydrogen-bond donors (Lipinski definition) is 0. The van der Waals surface area contributed by atoms with Crippen molar-refractivity contribution in [2.75, 3.05) is 25.1 Å². The van der Waals surface area contributed by atoms with E-state index in [2.05, 4.69) is 15.9 Å². The zero-order valence-electron chi connectivity index (χ0n) is 10.1. The average Bonchev–Trinajstić information content (AvgIpc) is 2.81. The monoisotopic (exact) mass is 314 g/mol. The number of anilines is 1. The van der Waals surface area contributed by atoms with E-state index in [9.17, 15) is 10.1 Å². The molecule has 6 heteroatoms. The number of hydrogen-bond acceptors (Lipinski definition) is 4. The van der Waals surface area contributed by atoms with Crippen molar-refractivity contribution in [3.63, 3.8) is 0 Å². The van der Waals surface area contributed by atoms with Crippen molar-refractivity contribution in [1.29, 1.82) is 0 Å². The Hall–Kier alpha value is -1.14. The highest BCUT2D eigenvalue weighted by molar-refractivity contribution is 9.10. The van der Waals surface area contributed by atoms with E-state index in [4.69, 9.17) is 4.74 Å². The van der Waals surface area contributed by atoms with Gasteiger partial charge in [-0.05, 0) is 25.0 Å². The van der Waals surface area contributed by atoms with E-state index in [1.54, 1.807) is 6.07 Å². The molecule has 0 amide bonds. The van der Waals surface area contributed by atoms with Crippen LogP contribution in [0.1, 0.15) is 12.8 Å². The van der Waals surface area contributed by atoms with Crippen LogP contribution in [0, 0.1) is 10.1 Å². The lowest BCUT2D eigenvalue weighted by Crippen LogP contribution is -2.28. The fourth-order valence-electron chi connectivity index (χ4n) is 2.16. The van der Waals surface area contributed by atoms with E-state index in [1.165, 1.54) is 6.07 Å². The number of ether oxygens (including phenoxy) is 1. The Bertz CT molecular complexity index is 447. The third kappa shape index (κ3) is 3.00. The molecule has 0 N–H and O–H groups in total. The molecule has 1 unspecified atom stereocenters. The van der Waals surface area contributed by atoms with Gasteiger partial charge in [-0.2, -0.15) is 0 Å². The number of benzene rings is 1. The Kier molecular flexibility index (Phi) is 4.19. The number of likely N-dealkylation sites (N-methyl/N-ethyl adjacent to an activating group) is 1. The first-order chi connectivity index (χ1) is 8.58. The molecule has 1 aliphatic heterocycles. The Labute approximate surface area is 114 Å². The maximum Gasteiger partial charge on any atom is 0.293 e. The highest BCUT2D eigenvalue weighted by atomic mass is 79.9. The zero-order valence-corrected chi connectivity index (χ0v) is 11.7. The van der Waals surface area contributed by atoms with Crippen molar-refractivity contribution in [3.05, 3.63) is 32.8 Å². The summed E-state index contributed by atoms with van der Waals surface area (Å²) in [5.41, 5.74) is 0.739. The van der Waals surface area contributed by atoms with E-state index in [0.29, 0.717) is 16.7 Å². The molecule has 0 radical (unpaired) electrons. The lowest BCUT2D eigenvalue weighted by Gasteiger charge is -2.22. The summed E-state index contributed by atoms with van der Waals surface area (Å²) in [6, 6.07) is 5.10. The molecule has 1 heterocycles. The van der Waals surface area contributed by atoms with Gasteiger partial charge in [0.25, 0.3) is 5.69 Å². The van der Waals surface area contributed by atoms with Crippen LogP contribution in [0.5, 0.6) is 0 Å². The van der Waals surface area contributed by atoms with Gasteiger partial charge in [0, 0.05) is 30.7 Å². The minimum atomic E-state index is -0.355. The van der Waals surface area contributed by atoms with Crippen molar-refractivity contribution in [3.8, 4) is 0 Å². The molecule has 5 nitrogen and oxygen atoms in total. The molecule has 0 saturated carbocycles. The molecule has 1 aromatic carbocycles. The van der Waals surface area contributed by atoms with Gasteiger partial charge in [-0.15, -0.1) is 0 Å². The van der Waals surface area contributed by atoms with Gasteiger partial charge in [0.2, 0.25) is 0 Å². The standard InChI is InChI=1S/C12H15BrN2O3/c1-14(8-10-3-2-6-18-10)11-5-4-9(13)7-12(11)15(16)17/h4-5,7,10H,2-3,6,8H2,1H3. The van der Waals surface area contributed by atoms with Crippen molar-refractivity contribution in [2.45, 2.75) is 18.9 Å². The molecule has 98 valence electrons. The summed E-state index contributed by atoms with van der Waals surface area (Å²) in [6.07, 6.45) is 2.27. The minimum Gasteiger partial charge on any atom is -0.376 e. The number of halogens is 1. The number of nitro groups is 1. The van der Waals surface area contributed by atoms with E-state index >= 15 is 0 Å². The molecule has 1 atom stereocenters. The molecule has 0 aliphatic carbocycles. The maximum atomic E-state index is 11.0. The topological polar surface area (TPSA) is 55.6 Å². The fraction of sp³-hybridized carbons (Fsp3) is 0.500. The van der Waals surface area contributed by atoms with Crippen LogP contribution in [-0.4, -0.2) is 31.2 Å². The average molecular weight is 315 g/mol. The highest BCUT2D eigenvalue weighted by Crippen LogP contribution is 2.31. The molecule has 1 fully saturated rings. The van der Waals surface area contributed by atoms with Crippen LogP contribution in [0.4, 0.5) is 11.4 Å². The zero-order chi connectivity index (χ0) is 13.1. The molecule has 2 rings (SSSR count). The van der Waals surface area contributed by atoms with Gasteiger partial charge in [-0.3, -0.25) is 10.1 Å². The summed E-state index contributed by atoms with van der Waals surface area (Å²) in [7, 11) is 1.86. The van der Waals surface area contributed by atoms with Crippen molar-refractivity contribution in [2.24, 2.45) is 0 Å². The summed E-state index contributed by atoms with van der Waals surface area (Å²) >= 11 is 3.25. The van der Waals surface area contributed by atoms with E-state index < -0.39 is 0 Å². The summed E-state index contributed by atoms with van der Waals surface area (Å²) in [6.45, 7) is 1.48. The SMILES string of the molecule is CN(CC1CCCO1)c1ccc(Br)cc1[N+](=O)[O-]. The molecule has 18 heavy (non-hydrogen) atoms. The quantitative estimate of drug-likeness (QED) is 0.633. The smallest absolute Gasteiger partial charge is 0.293 e. The van der Waals surface area contributed by atoms with Gasteiger partial charge in [0.05, 0.1) is 11.0 Å². The minimum absolute atomic E-state index is 0.116. The van der Waals surface area contributed by atoms with E-state index in [1.807, 2.05) is 18.0 Å². The van der Waals surface area contributed by atoms with Crippen LogP contribution in [0.3, 0.4) is 0 Å². The third-order valence-corrected chi connectivity index (χ3v) is 3.54. The van der Waals surface area contributed by atoms with Crippen LogP contribution in [0.25, 0.3) is 0 Å². The third-order valence-electron chi connectivity index (χ3n) is 3.05. The van der Waals surface area contributed by atoms with E-state index in [0.717, 1.165) is 19.4 Å². The number of nitrogens with zero attached hydrogens (tertiary/aromatic N) is 2. The second-order valence-corrected chi connectivity index (χ2v) is 5.32. The second kappa shape index (κ2) is 5.67. The predicted octanol–water partition coefficient (Wildman–Crippen LogP) is 2.97. The molecule has 1 saturated heterocycles. The number of rotatable bonds is 4. The van der Waals surface area contributed by atoms with Crippen LogP contribution in [0.15, 0.2) is 22.7 Å². The van der Waals surface area contributed by atoms with Crippen molar-refractivity contribution < 1.29 is 9.66 Å². The molecule has 1 aliphatic rings. The van der Waals surface area contributed by atoms with Gasteiger partial charge in [-0.1, -0.05) is 15.9 Å². The van der Waals surface area contributed by atoms with Crippen LogP contribution < -0.4 is 4.90 Å². The van der Waals surface area contributed by atoms with E-state index in [-0.39, 0.29) is 16.7 Å². The first-order valence-electron chi connectivity index (χ1n) is 5.84. The van der Waals surface area contributed by atoms with Gasteiger partial charge >= 0.3 is 0 Å². The van der Waals surface area contributed by atoms with Crippen molar-refractivity contribution >= 4 is 27.3 Å². The number of nitro benzene ring substituents is 1. The molecule has 0 aromatic heterocycles. The van der Waals surface area contributed by atoms with Gasteiger partial charge in [0.1, 0.15) is 5.69 Å². The molecule has 0 spiro atoms. The lowest BCUT2D eigenvalue weighted by molar-refractivity contribution is -0.384. The fourth-order valence-corrected chi connectivity index (χ4v) is 2.51. The maximum absolute atomic E-state index is 11.0. The second-order valence-electron chi connectivity index (χ2n) is 4.41. The Morgan fingerprint density at radius 1 is 1.61 bits per heavy atom. The molecular weight excluding hydrogens is 300 g/mol. The first kappa shape index (κ1) is 13.3. The Morgan fingerprint density at radius 2 is 2.39 bits per heavy atom. The Balaban J connectivity index is 2.17. The molecule has 0 bridgehead atoms. The highest BCUT2D eigenvalue weighted by Gasteiger charge is 2.22. The Morgan fingerprint density at radius 3 is 3.00 bits per heavy atom. The molecular formula is C12H15BrN2O3. The first-order valence-corrected chi connectivity index (χ1v) is 6.64. The summed E-state index contributed by atoms with van der Waals surface area (Å²) in [4.78, 5) is 12.6. The predicted molar refractivity (Wildman–Crippen MR) is 73.0 cm³/mol. The van der Waals surface area contributed by atoms with Crippen molar-refractivity contribution in [1.82, 2.24) is 0 Å².